The van der Waals surface area contributed by atoms with E-state index in [1.807, 2.05) is 35.2 Å². The van der Waals surface area contributed by atoms with Gasteiger partial charge in [-0.3, -0.25) is 10.00 Å². The maximum atomic E-state index is 11.4. The molecule has 2 aromatic carbocycles. The predicted molar refractivity (Wildman–Crippen MR) is 92.3 cm³/mol. The van der Waals surface area contributed by atoms with Crippen molar-refractivity contribution in [3.63, 3.8) is 0 Å². The van der Waals surface area contributed by atoms with Crippen molar-refractivity contribution in [3.8, 4) is 0 Å². The SMILES string of the molecule is NS(=O)(=O)c1ccc(N(c2cccc(Br)c2)c2ccn[nH]2)cc1. The highest BCUT2D eigenvalue weighted by Gasteiger charge is 2.15. The van der Waals surface area contributed by atoms with Crippen molar-refractivity contribution in [2.24, 2.45) is 5.14 Å². The van der Waals surface area contributed by atoms with E-state index >= 15 is 0 Å². The molecule has 3 aromatic rings. The van der Waals surface area contributed by atoms with Crippen molar-refractivity contribution in [1.29, 1.82) is 0 Å². The normalized spacial score (nSPS) is 11.4. The van der Waals surface area contributed by atoms with Crippen molar-refractivity contribution in [1.82, 2.24) is 10.2 Å². The Labute approximate surface area is 142 Å². The Morgan fingerprint density at radius 1 is 1.04 bits per heavy atom. The van der Waals surface area contributed by atoms with Crippen LogP contribution in [-0.4, -0.2) is 18.6 Å². The van der Waals surface area contributed by atoms with Crippen LogP contribution >= 0.6 is 15.9 Å². The molecule has 0 aliphatic heterocycles. The van der Waals surface area contributed by atoms with E-state index in [0.29, 0.717) is 0 Å². The fourth-order valence-corrected chi connectivity index (χ4v) is 3.10. The van der Waals surface area contributed by atoms with Crippen LogP contribution < -0.4 is 10.0 Å². The average Bonchev–Trinajstić information content (AvgIpc) is 3.01. The second-order valence-corrected chi connectivity index (χ2v) is 7.27. The quantitative estimate of drug-likeness (QED) is 0.712. The Morgan fingerprint density at radius 2 is 1.78 bits per heavy atom. The molecule has 1 heterocycles. The van der Waals surface area contributed by atoms with Crippen molar-refractivity contribution in [2.45, 2.75) is 4.90 Å². The third kappa shape index (κ3) is 3.44. The number of aromatic nitrogens is 2. The number of hydrogen-bond acceptors (Lipinski definition) is 4. The lowest BCUT2D eigenvalue weighted by atomic mass is 10.2. The standard InChI is InChI=1S/C15H13BrN4O2S/c16-11-2-1-3-13(10-11)20(15-8-9-18-19-15)12-4-6-14(7-5-12)23(17,21)22/h1-10H,(H,18,19)(H2,17,21,22). The third-order valence-electron chi connectivity index (χ3n) is 3.22. The summed E-state index contributed by atoms with van der Waals surface area (Å²) in [4.78, 5) is 1.99. The second kappa shape index (κ2) is 6.15. The maximum Gasteiger partial charge on any atom is 0.238 e. The Kier molecular flexibility index (Phi) is 4.20. The molecule has 0 fully saturated rings. The molecule has 0 amide bonds. The van der Waals surface area contributed by atoms with E-state index in [1.165, 1.54) is 12.1 Å². The zero-order valence-electron chi connectivity index (χ0n) is 11.8. The fraction of sp³-hybridized carbons (Fsp3) is 0. The van der Waals surface area contributed by atoms with Gasteiger partial charge in [0.25, 0.3) is 0 Å². The fourth-order valence-electron chi connectivity index (χ4n) is 2.20. The molecule has 118 valence electrons. The summed E-state index contributed by atoms with van der Waals surface area (Å²) in [5.41, 5.74) is 1.67. The first-order valence-electron chi connectivity index (χ1n) is 6.63. The molecule has 0 aliphatic carbocycles. The van der Waals surface area contributed by atoms with Gasteiger partial charge in [-0.25, -0.2) is 13.6 Å². The van der Waals surface area contributed by atoms with Gasteiger partial charge in [-0.15, -0.1) is 0 Å². The number of sulfonamides is 1. The number of benzene rings is 2. The lowest BCUT2D eigenvalue weighted by molar-refractivity contribution is 0.598. The van der Waals surface area contributed by atoms with Crippen LogP contribution in [0.5, 0.6) is 0 Å². The minimum atomic E-state index is -3.72. The molecule has 0 radical (unpaired) electrons. The molecule has 8 heteroatoms. The van der Waals surface area contributed by atoms with Gasteiger partial charge >= 0.3 is 0 Å². The highest BCUT2D eigenvalue weighted by molar-refractivity contribution is 9.10. The Bertz CT molecular complexity index is 909. The van der Waals surface area contributed by atoms with Crippen LogP contribution in [0.15, 0.2) is 70.2 Å². The number of anilines is 3. The van der Waals surface area contributed by atoms with Gasteiger partial charge in [0, 0.05) is 21.9 Å². The number of nitrogens with two attached hydrogens (primary N) is 1. The summed E-state index contributed by atoms with van der Waals surface area (Å²) >= 11 is 3.46. The number of halogens is 1. The Morgan fingerprint density at radius 3 is 2.35 bits per heavy atom. The largest absolute Gasteiger partial charge is 0.295 e. The molecule has 23 heavy (non-hydrogen) atoms. The molecule has 0 spiro atoms. The first-order chi connectivity index (χ1) is 10.9. The predicted octanol–water partition coefficient (Wildman–Crippen LogP) is 3.29. The molecular formula is C15H13BrN4O2S. The monoisotopic (exact) mass is 392 g/mol. The maximum absolute atomic E-state index is 11.4. The number of rotatable bonds is 4. The molecule has 3 N–H and O–H groups in total. The summed E-state index contributed by atoms with van der Waals surface area (Å²) in [6.07, 6.45) is 1.65. The van der Waals surface area contributed by atoms with E-state index in [0.717, 1.165) is 21.7 Å². The zero-order valence-corrected chi connectivity index (χ0v) is 14.3. The number of nitrogens with zero attached hydrogens (tertiary/aromatic N) is 2. The zero-order chi connectivity index (χ0) is 16.4. The van der Waals surface area contributed by atoms with Crippen LogP contribution in [0, 0.1) is 0 Å². The molecule has 1 aromatic heterocycles. The molecule has 3 rings (SSSR count). The van der Waals surface area contributed by atoms with E-state index in [4.69, 9.17) is 5.14 Å². The van der Waals surface area contributed by atoms with Gasteiger partial charge in [0.05, 0.1) is 11.1 Å². The first kappa shape index (κ1) is 15.7. The third-order valence-corrected chi connectivity index (χ3v) is 4.64. The summed E-state index contributed by atoms with van der Waals surface area (Å²) in [6, 6.07) is 15.9. The number of hydrogen-bond donors (Lipinski definition) is 2. The molecular weight excluding hydrogens is 380 g/mol. The van der Waals surface area contributed by atoms with Crippen LogP contribution in [0.3, 0.4) is 0 Å². The second-order valence-electron chi connectivity index (χ2n) is 4.80. The Balaban J connectivity index is 2.09. The van der Waals surface area contributed by atoms with Crippen molar-refractivity contribution in [2.75, 3.05) is 4.90 Å². The van der Waals surface area contributed by atoms with Crippen LogP contribution in [0.2, 0.25) is 0 Å². The topological polar surface area (TPSA) is 92.1 Å². The van der Waals surface area contributed by atoms with Crippen LogP contribution in [0.4, 0.5) is 17.2 Å². The summed E-state index contributed by atoms with van der Waals surface area (Å²) < 4.78 is 23.7. The van der Waals surface area contributed by atoms with E-state index in [1.54, 1.807) is 18.3 Å². The van der Waals surface area contributed by atoms with Crippen LogP contribution in [0.1, 0.15) is 0 Å². The van der Waals surface area contributed by atoms with Crippen molar-refractivity contribution in [3.05, 3.63) is 65.3 Å². The Hall–Kier alpha value is -2.16. The van der Waals surface area contributed by atoms with Gasteiger partial charge < -0.3 is 0 Å². The van der Waals surface area contributed by atoms with Crippen molar-refractivity contribution >= 4 is 43.1 Å². The van der Waals surface area contributed by atoms with E-state index < -0.39 is 10.0 Å². The van der Waals surface area contributed by atoms with Gasteiger partial charge in [-0.1, -0.05) is 22.0 Å². The first-order valence-corrected chi connectivity index (χ1v) is 8.97. The summed E-state index contributed by atoms with van der Waals surface area (Å²) in [5.74, 6) is 0.756. The van der Waals surface area contributed by atoms with Gasteiger partial charge in [0.2, 0.25) is 10.0 Å². The summed E-state index contributed by atoms with van der Waals surface area (Å²) in [6.45, 7) is 0. The van der Waals surface area contributed by atoms with Crippen LogP contribution in [-0.2, 0) is 10.0 Å². The van der Waals surface area contributed by atoms with Gasteiger partial charge in [0.1, 0.15) is 5.82 Å². The van der Waals surface area contributed by atoms with E-state index in [9.17, 15) is 8.42 Å². The molecule has 6 nitrogen and oxygen atoms in total. The molecule has 0 atom stereocenters. The van der Waals surface area contributed by atoms with Crippen LogP contribution in [0.25, 0.3) is 0 Å². The average molecular weight is 393 g/mol. The molecule has 0 bridgehead atoms. The lowest BCUT2D eigenvalue weighted by Gasteiger charge is -2.23. The minimum Gasteiger partial charge on any atom is -0.295 e. The number of aromatic amines is 1. The lowest BCUT2D eigenvalue weighted by Crippen LogP contribution is -2.13. The van der Waals surface area contributed by atoms with Crippen molar-refractivity contribution < 1.29 is 8.42 Å². The van der Waals surface area contributed by atoms with E-state index in [-0.39, 0.29) is 4.90 Å². The van der Waals surface area contributed by atoms with Gasteiger partial charge in [-0.2, -0.15) is 5.10 Å². The van der Waals surface area contributed by atoms with Gasteiger partial charge in [0.15, 0.2) is 0 Å². The number of nitrogens with one attached hydrogen (secondary N) is 1. The smallest absolute Gasteiger partial charge is 0.238 e. The molecule has 0 saturated carbocycles. The number of primary sulfonamides is 1. The highest BCUT2D eigenvalue weighted by atomic mass is 79.9. The molecule has 0 aliphatic rings. The highest BCUT2D eigenvalue weighted by Crippen LogP contribution is 2.34. The van der Waals surface area contributed by atoms with Gasteiger partial charge in [-0.05, 0) is 42.5 Å². The van der Waals surface area contributed by atoms with E-state index in [2.05, 4.69) is 26.1 Å². The minimum absolute atomic E-state index is 0.0695. The number of H-pyrrole nitrogens is 1. The molecule has 0 unspecified atom stereocenters. The summed E-state index contributed by atoms with van der Waals surface area (Å²) in [5, 5.41) is 12.0. The molecule has 0 saturated heterocycles. The summed E-state index contributed by atoms with van der Waals surface area (Å²) in [7, 11) is -3.72.